The number of likely N-dealkylation sites (tertiary alicyclic amines) is 1. The van der Waals surface area contributed by atoms with Gasteiger partial charge < -0.3 is 14.9 Å². The lowest BCUT2D eigenvalue weighted by Crippen LogP contribution is -2.34. The van der Waals surface area contributed by atoms with Crippen molar-refractivity contribution < 1.29 is 5.11 Å². The molecule has 2 aromatic rings. The Morgan fingerprint density at radius 1 is 1.04 bits per heavy atom. The predicted molar refractivity (Wildman–Crippen MR) is 101 cm³/mol. The van der Waals surface area contributed by atoms with Crippen molar-refractivity contribution in [3.63, 3.8) is 0 Å². The van der Waals surface area contributed by atoms with Gasteiger partial charge in [-0.25, -0.2) is 4.98 Å². The SMILES string of the molecule is OC[C@H]1CN(c2nc3ccccc3s2)C[C@H]1CN1CCCCCC1. The molecule has 2 aliphatic rings. The minimum absolute atomic E-state index is 0.292. The summed E-state index contributed by atoms with van der Waals surface area (Å²) in [6.45, 7) is 5.86. The Bertz CT molecular complexity index is 632. The van der Waals surface area contributed by atoms with Crippen molar-refractivity contribution in [3.8, 4) is 0 Å². The minimum atomic E-state index is 0.292. The average molecular weight is 346 g/mol. The number of aliphatic hydroxyl groups excluding tert-OH is 1. The van der Waals surface area contributed by atoms with Gasteiger partial charge in [-0.15, -0.1) is 0 Å². The fourth-order valence-electron chi connectivity index (χ4n) is 4.15. The summed E-state index contributed by atoms with van der Waals surface area (Å²) in [5.41, 5.74) is 1.09. The summed E-state index contributed by atoms with van der Waals surface area (Å²) >= 11 is 1.78. The summed E-state index contributed by atoms with van der Waals surface area (Å²) in [4.78, 5) is 9.83. The fraction of sp³-hybridized carbons (Fsp3) is 0.632. The molecular weight excluding hydrogens is 318 g/mol. The summed E-state index contributed by atoms with van der Waals surface area (Å²) in [6, 6.07) is 8.36. The van der Waals surface area contributed by atoms with Crippen LogP contribution in [0.15, 0.2) is 24.3 Å². The second-order valence-corrected chi connectivity index (χ2v) is 8.30. The van der Waals surface area contributed by atoms with E-state index in [1.807, 2.05) is 0 Å². The zero-order valence-corrected chi connectivity index (χ0v) is 15.0. The van der Waals surface area contributed by atoms with Crippen LogP contribution in [0.3, 0.4) is 0 Å². The fourth-order valence-corrected chi connectivity index (χ4v) is 5.14. The van der Waals surface area contributed by atoms with E-state index in [0.29, 0.717) is 18.4 Å². The van der Waals surface area contributed by atoms with Crippen LogP contribution < -0.4 is 4.90 Å². The molecule has 2 fully saturated rings. The van der Waals surface area contributed by atoms with E-state index < -0.39 is 0 Å². The quantitative estimate of drug-likeness (QED) is 0.924. The van der Waals surface area contributed by atoms with Gasteiger partial charge in [0.1, 0.15) is 0 Å². The highest BCUT2D eigenvalue weighted by molar-refractivity contribution is 7.22. The molecule has 0 bridgehead atoms. The third-order valence-corrected chi connectivity index (χ3v) is 6.65. The first-order valence-electron chi connectivity index (χ1n) is 9.27. The van der Waals surface area contributed by atoms with Crippen molar-refractivity contribution in [3.05, 3.63) is 24.3 Å². The van der Waals surface area contributed by atoms with Crippen molar-refractivity contribution in [1.29, 1.82) is 0 Å². The summed E-state index contributed by atoms with van der Waals surface area (Å²) < 4.78 is 1.25. The molecule has 2 atom stereocenters. The topological polar surface area (TPSA) is 39.6 Å². The molecule has 0 aliphatic carbocycles. The monoisotopic (exact) mass is 345 g/mol. The first-order chi connectivity index (χ1) is 11.8. The smallest absolute Gasteiger partial charge is 0.186 e. The van der Waals surface area contributed by atoms with Crippen molar-refractivity contribution in [2.75, 3.05) is 44.2 Å². The summed E-state index contributed by atoms with van der Waals surface area (Å²) in [5.74, 6) is 0.931. The summed E-state index contributed by atoms with van der Waals surface area (Å²) in [6.07, 6.45) is 5.42. The maximum atomic E-state index is 9.86. The Labute approximate surface area is 148 Å². The van der Waals surface area contributed by atoms with Gasteiger partial charge >= 0.3 is 0 Å². The van der Waals surface area contributed by atoms with E-state index >= 15 is 0 Å². The number of fused-ring (bicyclic) bond motifs is 1. The minimum Gasteiger partial charge on any atom is -0.396 e. The predicted octanol–water partition coefficient (Wildman–Crippen LogP) is 3.22. The molecule has 0 spiro atoms. The molecule has 4 rings (SSSR count). The van der Waals surface area contributed by atoms with Crippen molar-refractivity contribution in [2.45, 2.75) is 25.7 Å². The molecule has 24 heavy (non-hydrogen) atoms. The van der Waals surface area contributed by atoms with Crippen LogP contribution in [0.1, 0.15) is 25.7 Å². The average Bonchev–Trinajstić information content (AvgIpc) is 3.12. The summed E-state index contributed by atoms with van der Waals surface area (Å²) in [7, 11) is 0. The molecule has 1 aromatic carbocycles. The van der Waals surface area contributed by atoms with Crippen molar-refractivity contribution >= 4 is 26.7 Å². The Morgan fingerprint density at radius 2 is 1.79 bits per heavy atom. The number of aliphatic hydroxyl groups is 1. The zero-order valence-electron chi connectivity index (χ0n) is 14.2. The molecule has 130 valence electrons. The maximum Gasteiger partial charge on any atom is 0.186 e. The molecule has 1 aromatic heterocycles. The van der Waals surface area contributed by atoms with Crippen LogP contribution in [-0.4, -0.2) is 54.3 Å². The van der Waals surface area contributed by atoms with Gasteiger partial charge in [0.15, 0.2) is 5.13 Å². The lowest BCUT2D eigenvalue weighted by molar-refractivity contribution is 0.165. The van der Waals surface area contributed by atoms with E-state index in [2.05, 4.69) is 34.1 Å². The largest absolute Gasteiger partial charge is 0.396 e. The van der Waals surface area contributed by atoms with Crippen LogP contribution in [0.25, 0.3) is 10.2 Å². The number of benzene rings is 1. The lowest BCUT2D eigenvalue weighted by atomic mass is 9.96. The number of hydrogen-bond acceptors (Lipinski definition) is 5. The highest BCUT2D eigenvalue weighted by Crippen LogP contribution is 2.34. The van der Waals surface area contributed by atoms with E-state index in [-0.39, 0.29) is 0 Å². The van der Waals surface area contributed by atoms with Crippen molar-refractivity contribution in [1.82, 2.24) is 9.88 Å². The first-order valence-corrected chi connectivity index (χ1v) is 10.1. The molecule has 2 aliphatic heterocycles. The van der Waals surface area contributed by atoms with E-state index in [4.69, 9.17) is 4.98 Å². The van der Waals surface area contributed by atoms with E-state index in [1.165, 1.54) is 43.5 Å². The van der Waals surface area contributed by atoms with Gasteiger partial charge in [-0.1, -0.05) is 36.3 Å². The van der Waals surface area contributed by atoms with Crippen molar-refractivity contribution in [2.24, 2.45) is 11.8 Å². The molecular formula is C19H27N3OS. The molecule has 4 nitrogen and oxygen atoms in total. The van der Waals surface area contributed by atoms with Gasteiger partial charge in [0, 0.05) is 32.2 Å². The standard InChI is InChI=1S/C19H27N3OS/c23-14-16-13-22(19-20-17-7-3-4-8-18(17)24-19)12-15(16)11-21-9-5-1-2-6-10-21/h3-4,7-8,15-16,23H,1-2,5-6,9-14H2/t15-,16-/m1/s1. The Morgan fingerprint density at radius 3 is 2.54 bits per heavy atom. The number of rotatable bonds is 4. The van der Waals surface area contributed by atoms with Gasteiger partial charge in [-0.05, 0) is 44.0 Å². The van der Waals surface area contributed by atoms with E-state index in [0.717, 1.165) is 30.3 Å². The van der Waals surface area contributed by atoms with Crippen LogP contribution in [0.2, 0.25) is 0 Å². The second kappa shape index (κ2) is 7.38. The number of para-hydroxylation sites is 1. The lowest BCUT2D eigenvalue weighted by Gasteiger charge is -2.26. The van der Waals surface area contributed by atoms with Crippen LogP contribution >= 0.6 is 11.3 Å². The molecule has 0 unspecified atom stereocenters. The number of anilines is 1. The van der Waals surface area contributed by atoms with Gasteiger partial charge in [-0.2, -0.15) is 0 Å². The molecule has 0 saturated carbocycles. The number of thiazole rings is 1. The van der Waals surface area contributed by atoms with E-state index in [1.54, 1.807) is 11.3 Å². The third kappa shape index (κ3) is 3.44. The molecule has 0 radical (unpaired) electrons. The van der Waals surface area contributed by atoms with Gasteiger partial charge in [0.2, 0.25) is 0 Å². The third-order valence-electron chi connectivity index (χ3n) is 5.56. The van der Waals surface area contributed by atoms with Gasteiger partial charge in [0.25, 0.3) is 0 Å². The second-order valence-electron chi connectivity index (χ2n) is 7.29. The molecule has 5 heteroatoms. The van der Waals surface area contributed by atoms with Crippen LogP contribution in [-0.2, 0) is 0 Å². The van der Waals surface area contributed by atoms with Gasteiger partial charge in [-0.3, -0.25) is 0 Å². The zero-order chi connectivity index (χ0) is 16.4. The maximum absolute atomic E-state index is 9.86. The molecule has 0 amide bonds. The van der Waals surface area contributed by atoms with Gasteiger partial charge in [0.05, 0.1) is 10.2 Å². The molecule has 3 heterocycles. The molecule has 1 N–H and O–H groups in total. The Hall–Kier alpha value is -1.17. The Kier molecular flexibility index (Phi) is 5.01. The first kappa shape index (κ1) is 16.3. The number of nitrogens with zero attached hydrogens (tertiary/aromatic N) is 3. The Balaban J connectivity index is 1.46. The number of aromatic nitrogens is 1. The van der Waals surface area contributed by atoms with E-state index in [9.17, 15) is 5.11 Å². The molecule has 2 saturated heterocycles. The normalized spacial score (nSPS) is 26.1. The summed E-state index contributed by atoms with van der Waals surface area (Å²) in [5, 5.41) is 11.0. The van der Waals surface area contributed by atoms with Crippen LogP contribution in [0.5, 0.6) is 0 Å². The van der Waals surface area contributed by atoms with Crippen LogP contribution in [0, 0.1) is 11.8 Å². The van der Waals surface area contributed by atoms with Crippen LogP contribution in [0.4, 0.5) is 5.13 Å². The highest BCUT2D eigenvalue weighted by Gasteiger charge is 2.34. The highest BCUT2D eigenvalue weighted by atomic mass is 32.1. The number of hydrogen-bond donors (Lipinski definition) is 1.